The molecule has 2 atom stereocenters. The van der Waals surface area contributed by atoms with Crippen molar-refractivity contribution in [1.29, 1.82) is 0 Å². The molecule has 110 valence electrons. The number of aliphatic hydroxyl groups excluding tert-OH is 1. The average molecular weight is 283 g/mol. The third-order valence-corrected chi connectivity index (χ3v) is 4.25. The highest BCUT2D eigenvalue weighted by Crippen LogP contribution is 2.19. The van der Waals surface area contributed by atoms with E-state index in [9.17, 15) is 9.90 Å². The zero-order chi connectivity index (χ0) is 14.7. The SMILES string of the molecule is O=C(Cc1ccc2ccccc2c1)NC1CCCCC1O. The predicted molar refractivity (Wildman–Crippen MR) is 84.1 cm³/mol. The fraction of sp³-hybridized carbons (Fsp3) is 0.389. The van der Waals surface area contributed by atoms with Crippen molar-refractivity contribution in [2.45, 2.75) is 44.2 Å². The summed E-state index contributed by atoms with van der Waals surface area (Å²) < 4.78 is 0. The molecule has 3 rings (SSSR count). The van der Waals surface area contributed by atoms with Gasteiger partial charge in [-0.1, -0.05) is 55.3 Å². The summed E-state index contributed by atoms with van der Waals surface area (Å²) in [5, 5.41) is 15.2. The van der Waals surface area contributed by atoms with Crippen LogP contribution in [0.5, 0.6) is 0 Å². The van der Waals surface area contributed by atoms with Crippen LogP contribution >= 0.6 is 0 Å². The van der Waals surface area contributed by atoms with Gasteiger partial charge in [0.2, 0.25) is 5.91 Å². The quantitative estimate of drug-likeness (QED) is 0.910. The van der Waals surface area contributed by atoms with Crippen LogP contribution in [0.15, 0.2) is 42.5 Å². The Morgan fingerprint density at radius 3 is 2.67 bits per heavy atom. The third kappa shape index (κ3) is 3.42. The molecule has 0 radical (unpaired) electrons. The normalized spacial score (nSPS) is 22.1. The van der Waals surface area contributed by atoms with Crippen LogP contribution in [0.25, 0.3) is 10.8 Å². The summed E-state index contributed by atoms with van der Waals surface area (Å²) in [6.07, 6.45) is 3.79. The molecule has 1 amide bonds. The Labute approximate surface area is 125 Å². The maximum Gasteiger partial charge on any atom is 0.224 e. The molecule has 3 heteroatoms. The molecule has 21 heavy (non-hydrogen) atoms. The summed E-state index contributed by atoms with van der Waals surface area (Å²) >= 11 is 0. The molecule has 0 heterocycles. The first-order chi connectivity index (χ1) is 10.2. The van der Waals surface area contributed by atoms with Crippen molar-refractivity contribution in [3.05, 3.63) is 48.0 Å². The number of hydrogen-bond acceptors (Lipinski definition) is 2. The van der Waals surface area contributed by atoms with Crippen LogP contribution in [0.1, 0.15) is 31.2 Å². The minimum Gasteiger partial charge on any atom is -0.391 e. The molecule has 1 aliphatic carbocycles. The molecule has 0 aromatic heterocycles. The first-order valence-electron chi connectivity index (χ1n) is 7.67. The zero-order valence-corrected chi connectivity index (χ0v) is 12.1. The maximum atomic E-state index is 12.1. The van der Waals surface area contributed by atoms with E-state index in [1.165, 1.54) is 5.39 Å². The van der Waals surface area contributed by atoms with Gasteiger partial charge in [0.05, 0.1) is 18.6 Å². The number of hydrogen-bond donors (Lipinski definition) is 2. The largest absolute Gasteiger partial charge is 0.391 e. The number of benzene rings is 2. The fourth-order valence-corrected chi connectivity index (χ4v) is 3.07. The van der Waals surface area contributed by atoms with Gasteiger partial charge in [-0.3, -0.25) is 4.79 Å². The highest BCUT2D eigenvalue weighted by molar-refractivity contribution is 5.85. The van der Waals surface area contributed by atoms with E-state index in [2.05, 4.69) is 23.5 Å². The molecule has 2 N–H and O–H groups in total. The lowest BCUT2D eigenvalue weighted by Crippen LogP contribution is -2.45. The van der Waals surface area contributed by atoms with E-state index in [1.54, 1.807) is 0 Å². The summed E-state index contributed by atoms with van der Waals surface area (Å²) in [4.78, 5) is 12.1. The second kappa shape index (κ2) is 6.27. The van der Waals surface area contributed by atoms with Crippen molar-refractivity contribution in [1.82, 2.24) is 5.32 Å². The van der Waals surface area contributed by atoms with Crippen molar-refractivity contribution in [2.24, 2.45) is 0 Å². The van der Waals surface area contributed by atoms with Gasteiger partial charge in [-0.25, -0.2) is 0 Å². The number of carbonyl (C=O) groups is 1. The molecule has 0 saturated heterocycles. The Bertz CT molecular complexity index is 638. The molecule has 2 aromatic rings. The van der Waals surface area contributed by atoms with Gasteiger partial charge in [0.25, 0.3) is 0 Å². The van der Waals surface area contributed by atoms with Gasteiger partial charge in [-0.2, -0.15) is 0 Å². The van der Waals surface area contributed by atoms with Crippen molar-refractivity contribution in [3.8, 4) is 0 Å². The van der Waals surface area contributed by atoms with E-state index >= 15 is 0 Å². The lowest BCUT2D eigenvalue weighted by atomic mass is 9.92. The van der Waals surface area contributed by atoms with E-state index in [0.717, 1.165) is 36.6 Å². The Morgan fingerprint density at radius 1 is 1.10 bits per heavy atom. The van der Waals surface area contributed by atoms with Crippen LogP contribution < -0.4 is 5.32 Å². The predicted octanol–water partition coefficient (Wildman–Crippen LogP) is 2.80. The van der Waals surface area contributed by atoms with E-state index in [4.69, 9.17) is 0 Å². The molecule has 3 nitrogen and oxygen atoms in total. The first kappa shape index (κ1) is 14.1. The molecule has 0 spiro atoms. The lowest BCUT2D eigenvalue weighted by molar-refractivity contribution is -0.122. The second-order valence-corrected chi connectivity index (χ2v) is 5.88. The van der Waals surface area contributed by atoms with Crippen LogP contribution in [0.3, 0.4) is 0 Å². The first-order valence-corrected chi connectivity index (χ1v) is 7.67. The lowest BCUT2D eigenvalue weighted by Gasteiger charge is -2.28. The second-order valence-electron chi connectivity index (χ2n) is 5.88. The van der Waals surface area contributed by atoms with Gasteiger partial charge in [0.1, 0.15) is 0 Å². The molecular formula is C18H21NO2. The number of nitrogens with one attached hydrogen (secondary N) is 1. The number of rotatable bonds is 3. The van der Waals surface area contributed by atoms with Gasteiger partial charge >= 0.3 is 0 Å². The summed E-state index contributed by atoms with van der Waals surface area (Å²) in [6, 6.07) is 14.2. The molecule has 1 fully saturated rings. The third-order valence-electron chi connectivity index (χ3n) is 4.25. The molecular weight excluding hydrogens is 262 g/mol. The zero-order valence-electron chi connectivity index (χ0n) is 12.1. The summed E-state index contributed by atoms with van der Waals surface area (Å²) in [5.74, 6) is -0.00349. The van der Waals surface area contributed by atoms with Crippen molar-refractivity contribution in [3.63, 3.8) is 0 Å². The number of amides is 1. The molecule has 1 aliphatic rings. The van der Waals surface area contributed by atoms with Crippen LogP contribution in [0, 0.1) is 0 Å². The van der Waals surface area contributed by atoms with E-state index in [0.29, 0.717) is 6.42 Å². The maximum absolute atomic E-state index is 12.1. The monoisotopic (exact) mass is 283 g/mol. The summed E-state index contributed by atoms with van der Waals surface area (Å²) in [7, 11) is 0. The highest BCUT2D eigenvalue weighted by Gasteiger charge is 2.24. The van der Waals surface area contributed by atoms with Crippen molar-refractivity contribution >= 4 is 16.7 Å². The Balaban J connectivity index is 1.65. The smallest absolute Gasteiger partial charge is 0.224 e. The van der Waals surface area contributed by atoms with Gasteiger partial charge in [0.15, 0.2) is 0 Å². The topological polar surface area (TPSA) is 49.3 Å². The average Bonchev–Trinajstić information content (AvgIpc) is 2.49. The van der Waals surface area contributed by atoms with Gasteiger partial charge in [-0.05, 0) is 29.2 Å². The standard InChI is InChI=1S/C18H21NO2/c20-17-8-4-3-7-16(17)19-18(21)12-13-9-10-14-5-1-2-6-15(14)11-13/h1-2,5-6,9-11,16-17,20H,3-4,7-8,12H2,(H,19,21). The van der Waals surface area contributed by atoms with Crippen molar-refractivity contribution in [2.75, 3.05) is 0 Å². The molecule has 2 aromatic carbocycles. The van der Waals surface area contributed by atoms with Gasteiger partial charge in [-0.15, -0.1) is 0 Å². The van der Waals surface area contributed by atoms with Crippen molar-refractivity contribution < 1.29 is 9.90 Å². The minimum atomic E-state index is -0.390. The van der Waals surface area contributed by atoms with Crippen LogP contribution in [-0.4, -0.2) is 23.2 Å². The molecule has 2 unspecified atom stereocenters. The summed E-state index contributed by atoms with van der Waals surface area (Å²) in [6.45, 7) is 0. The Kier molecular flexibility index (Phi) is 4.20. The number of carbonyl (C=O) groups excluding carboxylic acids is 1. The van der Waals surface area contributed by atoms with Crippen LogP contribution in [0.2, 0.25) is 0 Å². The van der Waals surface area contributed by atoms with E-state index in [-0.39, 0.29) is 18.1 Å². The van der Waals surface area contributed by atoms with Gasteiger partial charge in [0, 0.05) is 0 Å². The highest BCUT2D eigenvalue weighted by atomic mass is 16.3. The van der Waals surface area contributed by atoms with E-state index < -0.39 is 0 Å². The number of fused-ring (bicyclic) bond motifs is 1. The number of aliphatic hydroxyl groups is 1. The van der Waals surface area contributed by atoms with Gasteiger partial charge < -0.3 is 10.4 Å². The summed E-state index contributed by atoms with van der Waals surface area (Å²) in [5.41, 5.74) is 1.01. The Morgan fingerprint density at radius 2 is 1.86 bits per heavy atom. The fourth-order valence-electron chi connectivity index (χ4n) is 3.07. The Hall–Kier alpha value is -1.87. The van der Waals surface area contributed by atoms with E-state index in [1.807, 2.05) is 24.3 Å². The minimum absolute atomic E-state index is 0.00349. The molecule has 0 aliphatic heterocycles. The molecule has 1 saturated carbocycles. The molecule has 0 bridgehead atoms. The van der Waals surface area contributed by atoms with Crippen LogP contribution in [0.4, 0.5) is 0 Å². The van der Waals surface area contributed by atoms with Crippen LogP contribution in [-0.2, 0) is 11.2 Å².